The van der Waals surface area contributed by atoms with Gasteiger partial charge in [-0.25, -0.2) is 0 Å². The molecule has 0 aliphatic rings. The molecule has 0 saturated heterocycles. The summed E-state index contributed by atoms with van der Waals surface area (Å²) in [6.07, 6.45) is 0.386. The highest BCUT2D eigenvalue weighted by atomic mass is 16.1. The zero-order valence-electron chi connectivity index (χ0n) is 7.68. The molecule has 0 spiro atoms. The van der Waals surface area contributed by atoms with Crippen LogP contribution in [0.25, 0.3) is 0 Å². The van der Waals surface area contributed by atoms with Crippen LogP contribution < -0.4 is 0 Å². The average molecular weight is 156 g/mol. The molecule has 0 bridgehead atoms. The van der Waals surface area contributed by atoms with Gasteiger partial charge in [0.25, 0.3) is 0 Å². The van der Waals surface area contributed by atoms with Gasteiger partial charge in [-0.15, -0.1) is 0 Å². The second-order valence-corrected chi connectivity index (χ2v) is 3.36. The Kier molecular flexibility index (Phi) is 4.01. The maximum atomic E-state index is 11.2. The van der Waals surface area contributed by atoms with E-state index in [-0.39, 0.29) is 23.4 Å². The van der Waals surface area contributed by atoms with Crippen molar-refractivity contribution in [3.8, 4) is 0 Å². The monoisotopic (exact) mass is 156 g/mol. The lowest BCUT2D eigenvalue weighted by atomic mass is 9.93. The molecule has 1 unspecified atom stereocenters. The molecule has 2 heteroatoms. The Labute approximate surface area is 68.0 Å². The van der Waals surface area contributed by atoms with E-state index in [0.717, 1.165) is 0 Å². The van der Waals surface area contributed by atoms with Crippen LogP contribution in [0, 0.1) is 11.8 Å². The fourth-order valence-corrected chi connectivity index (χ4v) is 1.10. The summed E-state index contributed by atoms with van der Waals surface area (Å²) in [6.45, 7) is 7.05. The molecule has 0 aliphatic carbocycles. The second-order valence-electron chi connectivity index (χ2n) is 3.36. The van der Waals surface area contributed by atoms with Crippen LogP contribution in [0.5, 0.6) is 0 Å². The van der Waals surface area contributed by atoms with Crippen LogP contribution in [0.1, 0.15) is 34.1 Å². The standard InChI is InChI=1S/C9H16O2/c1-6(2)9(11)7(3)5-8(4)10/h6-7H,5H2,1-4H3. The molecule has 0 heterocycles. The summed E-state index contributed by atoms with van der Waals surface area (Å²) in [7, 11) is 0. The van der Waals surface area contributed by atoms with Gasteiger partial charge in [-0.1, -0.05) is 20.8 Å². The van der Waals surface area contributed by atoms with Crippen LogP contribution in [-0.2, 0) is 9.59 Å². The van der Waals surface area contributed by atoms with Gasteiger partial charge in [-0.2, -0.15) is 0 Å². The van der Waals surface area contributed by atoms with Crippen molar-refractivity contribution in [1.29, 1.82) is 0 Å². The highest BCUT2D eigenvalue weighted by molar-refractivity contribution is 5.87. The van der Waals surface area contributed by atoms with Gasteiger partial charge >= 0.3 is 0 Å². The number of carbonyl (C=O) groups excluding carboxylic acids is 2. The van der Waals surface area contributed by atoms with Crippen molar-refractivity contribution in [3.05, 3.63) is 0 Å². The highest BCUT2D eigenvalue weighted by Crippen LogP contribution is 2.10. The van der Waals surface area contributed by atoms with Crippen molar-refractivity contribution in [2.24, 2.45) is 11.8 Å². The van der Waals surface area contributed by atoms with Gasteiger partial charge in [-0.05, 0) is 6.92 Å². The Morgan fingerprint density at radius 2 is 1.64 bits per heavy atom. The first kappa shape index (κ1) is 10.3. The fraction of sp³-hybridized carbons (Fsp3) is 0.778. The minimum Gasteiger partial charge on any atom is -0.300 e. The first-order valence-corrected chi connectivity index (χ1v) is 3.98. The predicted octanol–water partition coefficient (Wildman–Crippen LogP) is 1.83. The topological polar surface area (TPSA) is 34.1 Å². The first-order chi connectivity index (χ1) is 4.95. The van der Waals surface area contributed by atoms with Gasteiger partial charge in [0.05, 0.1) is 0 Å². The van der Waals surface area contributed by atoms with E-state index in [1.54, 1.807) is 0 Å². The molecule has 0 aromatic heterocycles. The third-order valence-corrected chi connectivity index (χ3v) is 1.65. The number of ketones is 2. The van der Waals surface area contributed by atoms with E-state index in [0.29, 0.717) is 6.42 Å². The molecule has 0 aliphatic heterocycles. The molecule has 1 atom stereocenters. The van der Waals surface area contributed by atoms with E-state index in [9.17, 15) is 9.59 Å². The quantitative estimate of drug-likeness (QED) is 0.622. The van der Waals surface area contributed by atoms with Gasteiger partial charge in [0, 0.05) is 18.3 Å². The van der Waals surface area contributed by atoms with Crippen LogP contribution in [-0.4, -0.2) is 11.6 Å². The highest BCUT2D eigenvalue weighted by Gasteiger charge is 2.17. The van der Waals surface area contributed by atoms with Crippen molar-refractivity contribution in [3.63, 3.8) is 0 Å². The SMILES string of the molecule is CC(=O)CC(C)C(=O)C(C)C. The van der Waals surface area contributed by atoms with Crippen LogP contribution in [0.15, 0.2) is 0 Å². The zero-order valence-corrected chi connectivity index (χ0v) is 7.68. The molecule has 0 amide bonds. The molecule has 0 saturated carbocycles. The molecule has 0 aromatic rings. The predicted molar refractivity (Wildman–Crippen MR) is 44.3 cm³/mol. The molecule has 11 heavy (non-hydrogen) atoms. The molecule has 0 aromatic carbocycles. The number of Topliss-reactive ketones (excluding diaryl/α,β-unsaturated/α-hetero) is 2. The third-order valence-electron chi connectivity index (χ3n) is 1.65. The van der Waals surface area contributed by atoms with Gasteiger partial charge < -0.3 is 4.79 Å². The Balaban J connectivity index is 3.93. The van der Waals surface area contributed by atoms with Crippen molar-refractivity contribution in [2.45, 2.75) is 34.1 Å². The fourth-order valence-electron chi connectivity index (χ4n) is 1.10. The number of carbonyl (C=O) groups is 2. The lowest BCUT2D eigenvalue weighted by molar-refractivity contribution is -0.128. The van der Waals surface area contributed by atoms with Gasteiger partial charge in [0.1, 0.15) is 11.6 Å². The summed E-state index contributed by atoms with van der Waals surface area (Å²) in [6, 6.07) is 0. The van der Waals surface area contributed by atoms with Crippen LogP contribution in [0.3, 0.4) is 0 Å². The molecule has 0 N–H and O–H groups in total. The zero-order chi connectivity index (χ0) is 9.02. The Bertz CT molecular complexity index is 159. The van der Waals surface area contributed by atoms with Crippen LogP contribution in [0.4, 0.5) is 0 Å². The average Bonchev–Trinajstić information content (AvgIpc) is 1.84. The van der Waals surface area contributed by atoms with Crippen molar-refractivity contribution in [2.75, 3.05) is 0 Å². The third kappa shape index (κ3) is 3.91. The Hall–Kier alpha value is -0.660. The van der Waals surface area contributed by atoms with E-state index in [1.807, 2.05) is 20.8 Å². The molecule has 64 valence electrons. The molecule has 2 nitrogen and oxygen atoms in total. The van der Waals surface area contributed by atoms with Crippen LogP contribution >= 0.6 is 0 Å². The maximum absolute atomic E-state index is 11.2. The van der Waals surface area contributed by atoms with E-state index in [2.05, 4.69) is 0 Å². The maximum Gasteiger partial charge on any atom is 0.138 e. The minimum atomic E-state index is -0.104. The Morgan fingerprint density at radius 3 is 1.91 bits per heavy atom. The summed E-state index contributed by atoms with van der Waals surface area (Å²) in [5.74, 6) is 0.212. The van der Waals surface area contributed by atoms with E-state index >= 15 is 0 Å². The van der Waals surface area contributed by atoms with Crippen molar-refractivity contribution < 1.29 is 9.59 Å². The van der Waals surface area contributed by atoms with E-state index in [1.165, 1.54) is 6.92 Å². The molecule has 0 fully saturated rings. The van der Waals surface area contributed by atoms with Crippen LogP contribution in [0.2, 0.25) is 0 Å². The second kappa shape index (κ2) is 4.27. The first-order valence-electron chi connectivity index (χ1n) is 3.98. The molecule has 0 radical (unpaired) electrons. The lowest BCUT2D eigenvalue weighted by Crippen LogP contribution is -2.19. The van der Waals surface area contributed by atoms with E-state index < -0.39 is 0 Å². The van der Waals surface area contributed by atoms with Gasteiger partial charge in [-0.3, -0.25) is 4.79 Å². The summed E-state index contributed by atoms with van der Waals surface area (Å²) < 4.78 is 0. The molecular formula is C9H16O2. The smallest absolute Gasteiger partial charge is 0.138 e. The van der Waals surface area contributed by atoms with Crippen molar-refractivity contribution in [1.82, 2.24) is 0 Å². The number of hydrogen-bond donors (Lipinski definition) is 0. The largest absolute Gasteiger partial charge is 0.300 e. The Morgan fingerprint density at radius 1 is 1.18 bits per heavy atom. The number of rotatable bonds is 4. The van der Waals surface area contributed by atoms with Gasteiger partial charge in [0.2, 0.25) is 0 Å². The molecule has 0 rings (SSSR count). The van der Waals surface area contributed by atoms with Crippen molar-refractivity contribution >= 4 is 11.6 Å². The number of hydrogen-bond acceptors (Lipinski definition) is 2. The lowest BCUT2D eigenvalue weighted by Gasteiger charge is -2.10. The summed E-state index contributed by atoms with van der Waals surface area (Å²) in [5, 5.41) is 0. The normalized spacial score (nSPS) is 13.2. The van der Waals surface area contributed by atoms with Gasteiger partial charge in [0.15, 0.2) is 0 Å². The molecular weight excluding hydrogens is 140 g/mol. The minimum absolute atomic E-state index is 0.0457. The summed E-state index contributed by atoms with van der Waals surface area (Å²) in [4.78, 5) is 21.9. The summed E-state index contributed by atoms with van der Waals surface area (Å²) in [5.41, 5.74) is 0. The van der Waals surface area contributed by atoms with E-state index in [4.69, 9.17) is 0 Å². The summed E-state index contributed by atoms with van der Waals surface area (Å²) >= 11 is 0.